The Kier molecular flexibility index (Phi) is 22.5. The molecule has 0 rings (SSSR count). The smallest absolute Gasteiger partial charge is 0.305 e. The van der Waals surface area contributed by atoms with E-state index in [1.807, 2.05) is 0 Å². The number of rotatable bonds is 23. The largest absolute Gasteiger partial charge is 0.466 e. The molecule has 0 bridgehead atoms. The number of esters is 1. The molecular weight excluding hydrogens is 380 g/mol. The van der Waals surface area contributed by atoms with Crippen LogP contribution in [-0.4, -0.2) is 43.3 Å². The van der Waals surface area contributed by atoms with Gasteiger partial charge in [-0.15, -0.1) is 0 Å². The van der Waals surface area contributed by atoms with E-state index in [-0.39, 0.29) is 25.3 Å². The summed E-state index contributed by atoms with van der Waals surface area (Å²) in [6.07, 6.45) is 15.5. The lowest BCUT2D eigenvalue weighted by Gasteiger charge is -2.18. The Morgan fingerprint density at radius 2 is 1.27 bits per heavy atom. The highest BCUT2D eigenvalue weighted by molar-refractivity contribution is 5.69. The molecule has 1 atom stereocenters. The van der Waals surface area contributed by atoms with Crippen LogP contribution in [0.3, 0.4) is 0 Å². The average Bonchev–Trinajstić information content (AvgIpc) is 2.75. The second kappa shape index (κ2) is 23.0. The van der Waals surface area contributed by atoms with Gasteiger partial charge in [-0.25, -0.2) is 0 Å². The van der Waals surface area contributed by atoms with E-state index in [0.29, 0.717) is 32.5 Å². The average molecular weight is 430 g/mol. The molecule has 0 heterocycles. The van der Waals surface area contributed by atoms with Crippen LogP contribution in [0.1, 0.15) is 117 Å². The lowest BCUT2D eigenvalue weighted by atomic mass is 10.1. The minimum atomic E-state index is -0.508. The molecule has 0 saturated heterocycles. The Morgan fingerprint density at radius 3 is 1.77 bits per heavy atom. The van der Waals surface area contributed by atoms with Crippen LogP contribution in [0.25, 0.3) is 0 Å². The van der Waals surface area contributed by atoms with E-state index in [2.05, 4.69) is 20.8 Å². The van der Waals surface area contributed by atoms with Crippen LogP contribution in [0.5, 0.6) is 0 Å². The van der Waals surface area contributed by atoms with Gasteiger partial charge in [-0.2, -0.15) is 0 Å². The Balaban J connectivity index is 4.05. The van der Waals surface area contributed by atoms with Gasteiger partial charge in [0, 0.05) is 26.1 Å². The van der Waals surface area contributed by atoms with Crippen LogP contribution >= 0.6 is 0 Å². The summed E-state index contributed by atoms with van der Waals surface area (Å²) in [7, 11) is 0. The third-order valence-electron chi connectivity index (χ3n) is 5.23. The predicted molar refractivity (Wildman–Crippen MR) is 123 cm³/mol. The molecule has 1 radical (unpaired) electrons. The fourth-order valence-corrected chi connectivity index (χ4v) is 3.17. The van der Waals surface area contributed by atoms with Gasteiger partial charge < -0.3 is 19.3 Å². The first-order valence-corrected chi connectivity index (χ1v) is 12.5. The molecule has 0 amide bonds. The third kappa shape index (κ3) is 20.6. The van der Waals surface area contributed by atoms with Crippen LogP contribution in [0.15, 0.2) is 0 Å². The molecular formula is C25H49O5. The summed E-state index contributed by atoms with van der Waals surface area (Å²) in [6, 6.07) is 0. The van der Waals surface area contributed by atoms with Crippen LogP contribution < -0.4 is 0 Å². The molecule has 0 aliphatic heterocycles. The highest BCUT2D eigenvalue weighted by Gasteiger charge is 2.14. The highest BCUT2D eigenvalue weighted by atomic mass is 16.7. The molecule has 0 saturated carbocycles. The van der Waals surface area contributed by atoms with Crippen molar-refractivity contribution in [1.82, 2.24) is 0 Å². The van der Waals surface area contributed by atoms with Crippen molar-refractivity contribution in [3.05, 3.63) is 6.92 Å². The minimum Gasteiger partial charge on any atom is -0.466 e. The first kappa shape index (κ1) is 29.4. The molecule has 1 N–H and O–H groups in total. The number of carbonyl (C=O) groups excluding carboxylic acids is 1. The van der Waals surface area contributed by atoms with Crippen molar-refractivity contribution in [2.75, 3.05) is 19.8 Å². The lowest BCUT2D eigenvalue weighted by molar-refractivity contribution is -0.159. The topological polar surface area (TPSA) is 65.0 Å². The molecule has 0 aromatic carbocycles. The summed E-state index contributed by atoms with van der Waals surface area (Å²) in [4.78, 5) is 11.9. The van der Waals surface area contributed by atoms with E-state index in [1.165, 1.54) is 64.2 Å². The zero-order valence-electron chi connectivity index (χ0n) is 19.9. The summed E-state index contributed by atoms with van der Waals surface area (Å²) in [5.74, 6) is -0.261. The summed E-state index contributed by atoms with van der Waals surface area (Å²) in [5.41, 5.74) is 0. The Bertz CT molecular complexity index is 343. The van der Waals surface area contributed by atoms with Crippen LogP contribution in [0, 0.1) is 6.92 Å². The van der Waals surface area contributed by atoms with Gasteiger partial charge in [-0.3, -0.25) is 4.79 Å². The quantitative estimate of drug-likeness (QED) is 0.116. The molecule has 5 heteroatoms. The van der Waals surface area contributed by atoms with Crippen molar-refractivity contribution in [2.24, 2.45) is 0 Å². The molecule has 0 spiro atoms. The standard InChI is InChI=1S/C25H49O5/c1-4-7-9-11-13-15-20-29-25(30-21-16-14-12-10-8-5-2)18-17-24(27)28-22-19-23(26)6-3/h23,25-26H,3-22H2,1-2H3. The van der Waals surface area contributed by atoms with Crippen molar-refractivity contribution >= 4 is 5.97 Å². The molecule has 0 aromatic rings. The summed E-state index contributed by atoms with van der Waals surface area (Å²) >= 11 is 0. The van der Waals surface area contributed by atoms with Crippen molar-refractivity contribution in [1.29, 1.82) is 0 Å². The minimum absolute atomic E-state index is 0.234. The fourth-order valence-electron chi connectivity index (χ4n) is 3.17. The highest BCUT2D eigenvalue weighted by Crippen LogP contribution is 2.12. The van der Waals surface area contributed by atoms with E-state index in [1.54, 1.807) is 0 Å². The molecule has 0 aliphatic carbocycles. The van der Waals surface area contributed by atoms with Crippen molar-refractivity contribution in [3.63, 3.8) is 0 Å². The number of carbonyl (C=O) groups is 1. The first-order valence-electron chi connectivity index (χ1n) is 12.5. The van der Waals surface area contributed by atoms with Crippen molar-refractivity contribution < 1.29 is 24.1 Å². The van der Waals surface area contributed by atoms with Gasteiger partial charge in [0.25, 0.3) is 0 Å². The lowest BCUT2D eigenvalue weighted by Crippen LogP contribution is -2.21. The van der Waals surface area contributed by atoms with Crippen molar-refractivity contribution in [2.45, 2.75) is 129 Å². The van der Waals surface area contributed by atoms with E-state index < -0.39 is 6.10 Å². The van der Waals surface area contributed by atoms with Gasteiger partial charge in [0.15, 0.2) is 6.29 Å². The zero-order chi connectivity index (χ0) is 22.3. The summed E-state index contributed by atoms with van der Waals surface area (Å²) < 4.78 is 17.0. The molecule has 179 valence electrons. The van der Waals surface area contributed by atoms with Gasteiger partial charge in [0.2, 0.25) is 0 Å². The van der Waals surface area contributed by atoms with Crippen LogP contribution in [-0.2, 0) is 19.0 Å². The third-order valence-corrected chi connectivity index (χ3v) is 5.23. The number of aliphatic hydroxyl groups is 1. The number of aliphatic hydroxyl groups excluding tert-OH is 1. The summed E-state index contributed by atoms with van der Waals surface area (Å²) in [5, 5.41) is 9.47. The predicted octanol–water partition coefficient (Wildman–Crippen LogP) is 6.37. The van der Waals surface area contributed by atoms with E-state index in [9.17, 15) is 9.90 Å². The monoisotopic (exact) mass is 429 g/mol. The van der Waals surface area contributed by atoms with Gasteiger partial charge >= 0.3 is 5.97 Å². The molecule has 0 aromatic heterocycles. The van der Waals surface area contributed by atoms with Crippen LogP contribution in [0.4, 0.5) is 0 Å². The molecule has 0 fully saturated rings. The second-order valence-electron chi connectivity index (χ2n) is 8.20. The maximum Gasteiger partial charge on any atom is 0.305 e. The van der Waals surface area contributed by atoms with E-state index >= 15 is 0 Å². The van der Waals surface area contributed by atoms with Gasteiger partial charge in [-0.05, 0) is 19.3 Å². The van der Waals surface area contributed by atoms with Gasteiger partial charge in [0.1, 0.15) is 0 Å². The number of ether oxygens (including phenoxy) is 3. The Morgan fingerprint density at radius 1 is 0.767 bits per heavy atom. The molecule has 30 heavy (non-hydrogen) atoms. The van der Waals surface area contributed by atoms with Crippen molar-refractivity contribution in [3.8, 4) is 0 Å². The zero-order valence-corrected chi connectivity index (χ0v) is 19.9. The maximum absolute atomic E-state index is 11.9. The number of unbranched alkanes of at least 4 members (excludes halogenated alkanes) is 10. The Hall–Kier alpha value is -0.650. The normalized spacial score (nSPS) is 12.4. The fraction of sp³-hybridized carbons (Fsp3) is 0.920. The molecule has 5 nitrogen and oxygen atoms in total. The molecule has 0 aliphatic rings. The molecule has 1 unspecified atom stereocenters. The van der Waals surface area contributed by atoms with E-state index in [0.717, 1.165) is 12.8 Å². The summed E-state index contributed by atoms with van der Waals surface area (Å²) in [6.45, 7) is 9.67. The van der Waals surface area contributed by atoms with Crippen LogP contribution in [0.2, 0.25) is 0 Å². The Labute approximate surface area is 186 Å². The number of hydrogen-bond donors (Lipinski definition) is 1. The second-order valence-corrected chi connectivity index (χ2v) is 8.20. The SMILES string of the molecule is [CH2]CC(O)CCOC(=O)CCC(OCCCCCCCC)OCCCCCCCC. The maximum atomic E-state index is 11.9. The number of hydrogen-bond acceptors (Lipinski definition) is 5. The van der Waals surface area contributed by atoms with E-state index in [4.69, 9.17) is 14.2 Å². The van der Waals surface area contributed by atoms with Gasteiger partial charge in [0.05, 0.1) is 19.1 Å². The first-order chi connectivity index (χ1) is 14.6. The van der Waals surface area contributed by atoms with Gasteiger partial charge in [-0.1, -0.05) is 85.0 Å².